The number of likely N-dealkylation sites (N-methyl/N-ethyl adjacent to an activating group) is 1. The molecule has 1 aliphatic rings. The van der Waals surface area contributed by atoms with E-state index in [9.17, 15) is 4.79 Å². The summed E-state index contributed by atoms with van der Waals surface area (Å²) in [6.45, 7) is 4.42. The van der Waals surface area contributed by atoms with Crippen molar-refractivity contribution in [3.05, 3.63) is 29.8 Å². The quantitative estimate of drug-likeness (QED) is 0.810. The highest BCUT2D eigenvalue weighted by atomic mass is 16.2. The van der Waals surface area contributed by atoms with Crippen LogP contribution in [0.4, 0.5) is 5.69 Å². The zero-order valence-corrected chi connectivity index (χ0v) is 10.4. The average Bonchev–Trinajstić information content (AvgIpc) is 2.13. The van der Waals surface area contributed by atoms with Gasteiger partial charge >= 0.3 is 0 Å². The standard InChI is InChI=1S/C13H19N3O/c1-10-4-3-5-11(6-10)15-13(17)9-16(2)12-7-14-8-12/h3-6,12,14H,7-9H2,1-2H3,(H,15,17). The van der Waals surface area contributed by atoms with Gasteiger partial charge in [-0.2, -0.15) is 0 Å². The predicted molar refractivity (Wildman–Crippen MR) is 69.1 cm³/mol. The second kappa shape index (κ2) is 5.29. The number of anilines is 1. The number of nitrogens with zero attached hydrogens (tertiary/aromatic N) is 1. The lowest BCUT2D eigenvalue weighted by Crippen LogP contribution is -2.57. The van der Waals surface area contributed by atoms with Crippen LogP contribution in [0.3, 0.4) is 0 Å². The van der Waals surface area contributed by atoms with Crippen molar-refractivity contribution in [1.29, 1.82) is 0 Å². The molecule has 1 aliphatic heterocycles. The molecule has 1 aromatic carbocycles. The van der Waals surface area contributed by atoms with E-state index in [4.69, 9.17) is 0 Å². The lowest BCUT2D eigenvalue weighted by molar-refractivity contribution is -0.117. The summed E-state index contributed by atoms with van der Waals surface area (Å²) < 4.78 is 0. The van der Waals surface area contributed by atoms with Gasteiger partial charge in [0.05, 0.1) is 6.54 Å². The molecule has 0 aliphatic carbocycles. The van der Waals surface area contributed by atoms with Gasteiger partial charge in [0.15, 0.2) is 0 Å². The first-order valence-corrected chi connectivity index (χ1v) is 5.92. The van der Waals surface area contributed by atoms with Crippen LogP contribution in [0, 0.1) is 6.92 Å². The van der Waals surface area contributed by atoms with Crippen LogP contribution >= 0.6 is 0 Å². The Labute approximate surface area is 102 Å². The van der Waals surface area contributed by atoms with Gasteiger partial charge in [-0.25, -0.2) is 0 Å². The number of aryl methyl sites for hydroxylation is 1. The second-order valence-electron chi connectivity index (χ2n) is 4.64. The van der Waals surface area contributed by atoms with E-state index in [0.29, 0.717) is 12.6 Å². The van der Waals surface area contributed by atoms with Gasteiger partial charge in [0.2, 0.25) is 5.91 Å². The van der Waals surface area contributed by atoms with E-state index in [1.807, 2.05) is 38.2 Å². The predicted octanol–water partition coefficient (Wildman–Crippen LogP) is 0.837. The lowest BCUT2D eigenvalue weighted by Gasteiger charge is -2.35. The summed E-state index contributed by atoms with van der Waals surface area (Å²) >= 11 is 0. The Balaban J connectivity index is 1.84. The minimum absolute atomic E-state index is 0.0463. The van der Waals surface area contributed by atoms with Crippen molar-refractivity contribution in [1.82, 2.24) is 10.2 Å². The van der Waals surface area contributed by atoms with E-state index in [-0.39, 0.29) is 5.91 Å². The molecular weight excluding hydrogens is 214 g/mol. The maximum Gasteiger partial charge on any atom is 0.238 e. The molecule has 0 radical (unpaired) electrons. The summed E-state index contributed by atoms with van der Waals surface area (Å²) in [7, 11) is 1.99. The normalized spacial score (nSPS) is 15.7. The first-order valence-electron chi connectivity index (χ1n) is 5.92. The van der Waals surface area contributed by atoms with Crippen LogP contribution in [-0.2, 0) is 4.79 Å². The number of hydrogen-bond acceptors (Lipinski definition) is 3. The third-order valence-electron chi connectivity index (χ3n) is 3.08. The van der Waals surface area contributed by atoms with Crippen molar-refractivity contribution >= 4 is 11.6 Å². The Bertz CT molecular complexity index is 401. The molecule has 92 valence electrons. The van der Waals surface area contributed by atoms with Gasteiger partial charge in [0.1, 0.15) is 0 Å². The highest BCUT2D eigenvalue weighted by Crippen LogP contribution is 2.09. The summed E-state index contributed by atoms with van der Waals surface area (Å²) in [6.07, 6.45) is 0. The molecule has 0 spiro atoms. The molecule has 1 aromatic rings. The summed E-state index contributed by atoms with van der Waals surface area (Å²) in [4.78, 5) is 13.9. The number of benzene rings is 1. The van der Waals surface area contributed by atoms with E-state index < -0.39 is 0 Å². The molecule has 0 bridgehead atoms. The zero-order chi connectivity index (χ0) is 12.3. The molecule has 0 unspecified atom stereocenters. The maximum atomic E-state index is 11.8. The van der Waals surface area contributed by atoms with E-state index in [2.05, 4.69) is 15.5 Å². The van der Waals surface area contributed by atoms with Crippen LogP contribution in [0.2, 0.25) is 0 Å². The van der Waals surface area contributed by atoms with Gasteiger partial charge in [0.25, 0.3) is 0 Å². The van der Waals surface area contributed by atoms with Crippen molar-refractivity contribution in [2.24, 2.45) is 0 Å². The number of carbonyl (C=O) groups is 1. The Morgan fingerprint density at radius 1 is 1.53 bits per heavy atom. The zero-order valence-electron chi connectivity index (χ0n) is 10.4. The third-order valence-corrected chi connectivity index (χ3v) is 3.08. The number of carbonyl (C=O) groups excluding carboxylic acids is 1. The number of nitrogens with one attached hydrogen (secondary N) is 2. The number of rotatable bonds is 4. The first-order chi connectivity index (χ1) is 8.15. The summed E-state index contributed by atoms with van der Waals surface area (Å²) in [6, 6.07) is 8.35. The molecule has 1 heterocycles. The van der Waals surface area contributed by atoms with Crippen LogP contribution in [0.1, 0.15) is 5.56 Å². The van der Waals surface area contributed by atoms with E-state index in [0.717, 1.165) is 24.3 Å². The largest absolute Gasteiger partial charge is 0.325 e. The average molecular weight is 233 g/mol. The smallest absolute Gasteiger partial charge is 0.238 e. The minimum Gasteiger partial charge on any atom is -0.325 e. The van der Waals surface area contributed by atoms with Gasteiger partial charge in [-0.15, -0.1) is 0 Å². The molecule has 1 saturated heterocycles. The minimum atomic E-state index is 0.0463. The van der Waals surface area contributed by atoms with Crippen LogP contribution in [-0.4, -0.2) is 43.5 Å². The van der Waals surface area contributed by atoms with E-state index in [1.54, 1.807) is 0 Å². The highest BCUT2D eigenvalue weighted by molar-refractivity contribution is 5.92. The molecular formula is C13H19N3O. The fourth-order valence-electron chi connectivity index (χ4n) is 1.86. The fraction of sp³-hybridized carbons (Fsp3) is 0.462. The SMILES string of the molecule is Cc1cccc(NC(=O)CN(C)C2CNC2)c1. The fourth-order valence-corrected chi connectivity index (χ4v) is 1.86. The van der Waals surface area contributed by atoms with Gasteiger partial charge in [-0.3, -0.25) is 9.69 Å². The Kier molecular flexibility index (Phi) is 3.76. The van der Waals surface area contributed by atoms with Gasteiger partial charge < -0.3 is 10.6 Å². The summed E-state index contributed by atoms with van der Waals surface area (Å²) in [5.41, 5.74) is 2.02. The molecule has 0 aromatic heterocycles. The number of hydrogen-bond donors (Lipinski definition) is 2. The topological polar surface area (TPSA) is 44.4 Å². The van der Waals surface area contributed by atoms with Gasteiger partial charge in [-0.1, -0.05) is 12.1 Å². The molecule has 1 amide bonds. The molecule has 17 heavy (non-hydrogen) atoms. The molecule has 0 atom stereocenters. The summed E-state index contributed by atoms with van der Waals surface area (Å²) in [5, 5.41) is 6.11. The first kappa shape index (κ1) is 12.1. The van der Waals surface area contributed by atoms with Gasteiger partial charge in [0, 0.05) is 24.8 Å². The van der Waals surface area contributed by atoms with Crippen molar-refractivity contribution in [3.63, 3.8) is 0 Å². The maximum absolute atomic E-state index is 11.8. The molecule has 4 nitrogen and oxygen atoms in total. The molecule has 0 saturated carbocycles. The third kappa shape index (κ3) is 3.28. The van der Waals surface area contributed by atoms with Crippen LogP contribution in [0.15, 0.2) is 24.3 Å². The Hall–Kier alpha value is -1.39. The Morgan fingerprint density at radius 3 is 2.88 bits per heavy atom. The molecule has 1 fully saturated rings. The lowest BCUT2D eigenvalue weighted by atomic mass is 10.1. The second-order valence-corrected chi connectivity index (χ2v) is 4.64. The van der Waals surface area contributed by atoms with Crippen LogP contribution in [0.5, 0.6) is 0 Å². The molecule has 4 heteroatoms. The summed E-state index contributed by atoms with van der Waals surface area (Å²) in [5.74, 6) is 0.0463. The van der Waals surface area contributed by atoms with Crippen molar-refractivity contribution in [2.45, 2.75) is 13.0 Å². The number of amides is 1. The van der Waals surface area contributed by atoms with E-state index in [1.165, 1.54) is 0 Å². The van der Waals surface area contributed by atoms with E-state index >= 15 is 0 Å². The van der Waals surface area contributed by atoms with Crippen LogP contribution < -0.4 is 10.6 Å². The van der Waals surface area contributed by atoms with Gasteiger partial charge in [-0.05, 0) is 31.7 Å². The van der Waals surface area contributed by atoms with Crippen molar-refractivity contribution < 1.29 is 4.79 Å². The van der Waals surface area contributed by atoms with Crippen molar-refractivity contribution in [2.75, 3.05) is 32.0 Å². The molecule has 2 N–H and O–H groups in total. The Morgan fingerprint density at radius 2 is 2.29 bits per heavy atom. The highest BCUT2D eigenvalue weighted by Gasteiger charge is 2.22. The monoisotopic (exact) mass is 233 g/mol. The van der Waals surface area contributed by atoms with Crippen molar-refractivity contribution in [3.8, 4) is 0 Å². The molecule has 2 rings (SSSR count). The van der Waals surface area contributed by atoms with Crippen LogP contribution in [0.25, 0.3) is 0 Å².